The zero-order chi connectivity index (χ0) is 14.4. The number of hydrogen-bond acceptors (Lipinski definition) is 4. The minimum Gasteiger partial charge on any atom is -0.498 e. The summed E-state index contributed by atoms with van der Waals surface area (Å²) in [7, 11) is 0. The number of likely N-dealkylation sites (tertiary alicyclic amines) is 1. The molecular weight excluding hydrogens is 236 g/mol. The normalized spacial score (nSPS) is 37.3. The van der Waals surface area contributed by atoms with Crippen LogP contribution in [0.3, 0.4) is 0 Å². The molecule has 1 heterocycles. The van der Waals surface area contributed by atoms with Gasteiger partial charge < -0.3 is 20.7 Å². The molecule has 18 heavy (non-hydrogen) atoms. The molecule has 6 heteroatoms. The summed E-state index contributed by atoms with van der Waals surface area (Å²) in [5.41, 5.74) is 4.00. The summed E-state index contributed by atoms with van der Waals surface area (Å²) < 4.78 is -0.372. The van der Waals surface area contributed by atoms with Gasteiger partial charge in [-0.3, -0.25) is 9.28 Å². The van der Waals surface area contributed by atoms with Crippen LogP contribution in [0.15, 0.2) is 0 Å². The first-order valence-electron chi connectivity index (χ1n) is 6.05. The van der Waals surface area contributed by atoms with Crippen LogP contribution >= 0.6 is 0 Å². The summed E-state index contributed by atoms with van der Waals surface area (Å²) in [6.07, 6.45) is -0.879. The van der Waals surface area contributed by atoms with Gasteiger partial charge in [-0.2, -0.15) is 0 Å². The van der Waals surface area contributed by atoms with Gasteiger partial charge in [0.25, 0.3) is 6.09 Å². The van der Waals surface area contributed by atoms with E-state index in [1.54, 1.807) is 20.8 Å². The molecule has 104 valence electrons. The highest BCUT2D eigenvalue weighted by atomic mass is 16.4. The van der Waals surface area contributed by atoms with Gasteiger partial charge in [0, 0.05) is 12.5 Å². The van der Waals surface area contributed by atoms with Crippen molar-refractivity contribution >= 4 is 12.1 Å². The maximum absolute atomic E-state index is 11.6. The molecule has 1 rings (SSSR count). The van der Waals surface area contributed by atoms with Gasteiger partial charge in [0.1, 0.15) is 12.0 Å². The lowest BCUT2D eigenvalue weighted by Crippen LogP contribution is -2.75. The van der Waals surface area contributed by atoms with E-state index >= 15 is 0 Å². The van der Waals surface area contributed by atoms with Crippen LogP contribution in [0.4, 0.5) is 4.79 Å². The first-order valence-corrected chi connectivity index (χ1v) is 6.05. The van der Waals surface area contributed by atoms with Crippen LogP contribution in [0.25, 0.3) is 0 Å². The van der Waals surface area contributed by atoms with Gasteiger partial charge in [-0.1, -0.05) is 0 Å². The maximum atomic E-state index is 11.6. The topological polar surface area (TPSA) is 103 Å². The lowest BCUT2D eigenvalue weighted by molar-refractivity contribution is -0.929. The fourth-order valence-corrected chi connectivity index (χ4v) is 2.66. The zero-order valence-corrected chi connectivity index (χ0v) is 11.4. The second-order valence-electron chi connectivity index (χ2n) is 6.40. The molecule has 3 atom stereocenters. The van der Waals surface area contributed by atoms with Crippen LogP contribution in [-0.4, -0.2) is 46.3 Å². The highest BCUT2D eigenvalue weighted by Crippen LogP contribution is 2.38. The van der Waals surface area contributed by atoms with E-state index in [0.717, 1.165) is 0 Å². The van der Waals surface area contributed by atoms with Crippen molar-refractivity contribution in [2.24, 2.45) is 11.1 Å². The van der Waals surface area contributed by atoms with Crippen LogP contribution in [0.1, 0.15) is 34.1 Å². The average molecular weight is 258 g/mol. The SMILES string of the molecule is CC1(C(=O)O)C[N+](C(=O)[O-])(C(C)(C)C)CCC1N. The molecule has 0 aromatic carbocycles. The first-order chi connectivity index (χ1) is 7.97. The third kappa shape index (κ3) is 1.99. The molecule has 0 aromatic rings. The monoisotopic (exact) mass is 258 g/mol. The van der Waals surface area contributed by atoms with Crippen LogP contribution in [0.2, 0.25) is 0 Å². The number of nitrogens with zero attached hydrogens (tertiary/aromatic N) is 1. The summed E-state index contributed by atoms with van der Waals surface area (Å²) in [5, 5.41) is 20.9. The van der Waals surface area contributed by atoms with Crippen molar-refractivity contribution in [2.75, 3.05) is 13.1 Å². The van der Waals surface area contributed by atoms with Gasteiger partial charge in [0.05, 0.1) is 12.1 Å². The lowest BCUT2D eigenvalue weighted by Gasteiger charge is -2.55. The number of carboxylic acid groups (broad SMARTS) is 2. The number of quaternary nitrogens is 1. The molecule has 1 aliphatic rings. The average Bonchev–Trinajstić information content (AvgIpc) is 2.19. The second kappa shape index (κ2) is 4.20. The summed E-state index contributed by atoms with van der Waals surface area (Å²) >= 11 is 0. The molecule has 0 aliphatic carbocycles. The Hall–Kier alpha value is -1.14. The van der Waals surface area contributed by atoms with E-state index in [1.807, 2.05) is 0 Å². The van der Waals surface area contributed by atoms with Crippen molar-refractivity contribution in [3.63, 3.8) is 0 Å². The zero-order valence-electron chi connectivity index (χ0n) is 11.4. The number of piperidine rings is 1. The van der Waals surface area contributed by atoms with E-state index in [9.17, 15) is 19.8 Å². The Balaban J connectivity index is 3.27. The minimum absolute atomic E-state index is 0.0463. The van der Waals surface area contributed by atoms with Crippen molar-refractivity contribution < 1.29 is 24.3 Å². The molecule has 1 fully saturated rings. The van der Waals surface area contributed by atoms with Gasteiger partial charge in [-0.15, -0.1) is 0 Å². The standard InChI is InChI=1S/C12H22N2O4/c1-11(2,3)14(10(17)18)6-5-8(13)12(4,7-14)9(15)16/h8H,5-7,13H2,1-4H3,(H-,15,16,17,18). The number of hydrogen-bond donors (Lipinski definition) is 2. The van der Waals surface area contributed by atoms with Gasteiger partial charge in [0.15, 0.2) is 0 Å². The Morgan fingerprint density at radius 3 is 2.28 bits per heavy atom. The molecule has 0 radical (unpaired) electrons. The van der Waals surface area contributed by atoms with Crippen LogP contribution in [0.5, 0.6) is 0 Å². The molecule has 0 bridgehead atoms. The predicted molar refractivity (Wildman–Crippen MR) is 63.5 cm³/mol. The molecular formula is C12H22N2O4. The Bertz CT molecular complexity index is 377. The Labute approximate surface area is 107 Å². The Kier molecular flexibility index (Phi) is 3.49. The second-order valence-corrected chi connectivity index (χ2v) is 6.40. The molecule has 0 saturated carbocycles. The van der Waals surface area contributed by atoms with Gasteiger partial charge in [0.2, 0.25) is 0 Å². The molecule has 0 aromatic heterocycles. The Morgan fingerprint density at radius 2 is 1.94 bits per heavy atom. The molecule has 3 N–H and O–H groups in total. The minimum atomic E-state index is -1.24. The molecule has 0 spiro atoms. The van der Waals surface area contributed by atoms with Gasteiger partial charge in [-0.05, 0) is 27.7 Å². The first kappa shape index (κ1) is 14.9. The molecule has 1 saturated heterocycles. The number of rotatable bonds is 1. The molecule has 3 unspecified atom stereocenters. The predicted octanol–water partition coefficient (Wildman–Crippen LogP) is -0.233. The number of carbonyl (C=O) groups excluding carboxylic acids is 1. The van der Waals surface area contributed by atoms with Crippen LogP contribution < -0.4 is 10.8 Å². The Morgan fingerprint density at radius 1 is 1.44 bits per heavy atom. The lowest BCUT2D eigenvalue weighted by atomic mass is 9.75. The molecule has 6 nitrogen and oxygen atoms in total. The number of aliphatic carboxylic acids is 1. The number of carboxylic acids is 1. The number of nitrogens with two attached hydrogens (primary N) is 1. The van der Waals surface area contributed by atoms with E-state index in [-0.39, 0.29) is 11.0 Å². The van der Waals surface area contributed by atoms with E-state index in [4.69, 9.17) is 5.73 Å². The fraction of sp³-hybridized carbons (Fsp3) is 0.833. The fourth-order valence-electron chi connectivity index (χ4n) is 2.66. The number of amides is 1. The largest absolute Gasteiger partial charge is 0.498 e. The summed E-state index contributed by atoms with van der Waals surface area (Å²) in [6, 6.07) is -0.539. The van der Waals surface area contributed by atoms with Crippen LogP contribution in [0, 0.1) is 5.41 Å². The van der Waals surface area contributed by atoms with Crippen LogP contribution in [-0.2, 0) is 4.79 Å². The summed E-state index contributed by atoms with van der Waals surface area (Å²) in [6.45, 7) is 7.11. The molecule has 1 aliphatic heterocycles. The summed E-state index contributed by atoms with van der Waals surface area (Å²) in [5.74, 6) is -1.05. The highest BCUT2D eigenvalue weighted by molar-refractivity contribution is 5.76. The van der Waals surface area contributed by atoms with E-state index in [2.05, 4.69) is 0 Å². The molecule has 1 amide bonds. The highest BCUT2D eigenvalue weighted by Gasteiger charge is 2.56. The van der Waals surface area contributed by atoms with Crippen molar-refractivity contribution in [2.45, 2.75) is 45.7 Å². The third-order valence-electron chi connectivity index (χ3n) is 4.36. The van der Waals surface area contributed by atoms with Crippen molar-refractivity contribution in [1.82, 2.24) is 0 Å². The third-order valence-corrected chi connectivity index (χ3v) is 4.36. The van der Waals surface area contributed by atoms with Crippen molar-refractivity contribution in [3.05, 3.63) is 0 Å². The number of carbonyl (C=O) groups is 2. The maximum Gasteiger partial charge on any atom is 0.316 e. The van der Waals surface area contributed by atoms with Gasteiger partial charge in [-0.25, -0.2) is 0 Å². The van der Waals surface area contributed by atoms with E-state index in [1.165, 1.54) is 6.92 Å². The van der Waals surface area contributed by atoms with Crippen molar-refractivity contribution in [3.8, 4) is 0 Å². The van der Waals surface area contributed by atoms with Gasteiger partial charge >= 0.3 is 5.97 Å². The van der Waals surface area contributed by atoms with E-state index < -0.39 is 29.1 Å². The van der Waals surface area contributed by atoms with Crippen molar-refractivity contribution in [1.29, 1.82) is 0 Å². The quantitative estimate of drug-likeness (QED) is 0.632. The van der Waals surface area contributed by atoms with E-state index in [0.29, 0.717) is 13.0 Å². The summed E-state index contributed by atoms with van der Waals surface area (Å²) in [4.78, 5) is 23.0. The smallest absolute Gasteiger partial charge is 0.316 e.